The van der Waals surface area contributed by atoms with Gasteiger partial charge < -0.3 is 5.32 Å². The van der Waals surface area contributed by atoms with Crippen LogP contribution in [0, 0.1) is 19.8 Å². The number of hydrogen-bond acceptors (Lipinski definition) is 3. The second-order valence-corrected chi connectivity index (χ2v) is 5.59. The SMILES string of the molecule is CCCNCC(C)Cn1c(C)c(Br)c(C)nc1=O. The zero-order chi connectivity index (χ0) is 13.7. The van der Waals surface area contributed by atoms with Crippen LogP contribution in [-0.2, 0) is 6.54 Å². The molecule has 1 unspecified atom stereocenters. The summed E-state index contributed by atoms with van der Waals surface area (Å²) in [5.74, 6) is 0.407. The summed E-state index contributed by atoms with van der Waals surface area (Å²) in [4.78, 5) is 15.9. The molecule has 0 aliphatic rings. The van der Waals surface area contributed by atoms with Crippen LogP contribution in [0.25, 0.3) is 0 Å². The number of aromatic nitrogens is 2. The molecule has 1 rings (SSSR count). The van der Waals surface area contributed by atoms with Crippen molar-refractivity contribution < 1.29 is 0 Å². The van der Waals surface area contributed by atoms with E-state index in [1.165, 1.54) is 0 Å². The minimum atomic E-state index is -0.157. The van der Waals surface area contributed by atoms with Gasteiger partial charge in [-0.1, -0.05) is 13.8 Å². The molecule has 0 bridgehead atoms. The zero-order valence-corrected chi connectivity index (χ0v) is 13.2. The van der Waals surface area contributed by atoms with Crippen molar-refractivity contribution in [3.8, 4) is 0 Å². The summed E-state index contributed by atoms with van der Waals surface area (Å²) < 4.78 is 2.67. The Kier molecular flexibility index (Phi) is 6.02. The van der Waals surface area contributed by atoms with E-state index in [1.807, 2.05) is 13.8 Å². The maximum atomic E-state index is 11.9. The van der Waals surface area contributed by atoms with Crippen molar-refractivity contribution in [2.45, 2.75) is 40.7 Å². The van der Waals surface area contributed by atoms with Gasteiger partial charge in [0.15, 0.2) is 0 Å². The topological polar surface area (TPSA) is 46.9 Å². The quantitative estimate of drug-likeness (QED) is 0.819. The van der Waals surface area contributed by atoms with Gasteiger partial charge in [-0.05, 0) is 55.2 Å². The van der Waals surface area contributed by atoms with E-state index >= 15 is 0 Å². The number of nitrogens with one attached hydrogen (secondary N) is 1. The van der Waals surface area contributed by atoms with Crippen molar-refractivity contribution in [1.82, 2.24) is 14.9 Å². The molecule has 18 heavy (non-hydrogen) atoms. The molecule has 1 N–H and O–H groups in total. The first-order valence-electron chi connectivity index (χ1n) is 6.41. The van der Waals surface area contributed by atoms with Crippen molar-refractivity contribution in [3.05, 3.63) is 26.3 Å². The first kappa shape index (κ1) is 15.4. The van der Waals surface area contributed by atoms with E-state index in [0.29, 0.717) is 12.5 Å². The molecule has 0 saturated heterocycles. The van der Waals surface area contributed by atoms with Crippen molar-refractivity contribution in [3.63, 3.8) is 0 Å². The van der Waals surface area contributed by atoms with E-state index in [0.717, 1.165) is 35.4 Å². The molecule has 0 spiro atoms. The van der Waals surface area contributed by atoms with Crippen LogP contribution in [0.2, 0.25) is 0 Å². The van der Waals surface area contributed by atoms with Crippen LogP contribution in [0.3, 0.4) is 0 Å². The van der Waals surface area contributed by atoms with Gasteiger partial charge in [0.05, 0.1) is 10.2 Å². The van der Waals surface area contributed by atoms with Gasteiger partial charge >= 0.3 is 5.69 Å². The molecular formula is C13H22BrN3O. The number of rotatable bonds is 6. The maximum Gasteiger partial charge on any atom is 0.348 e. The third-order valence-electron chi connectivity index (χ3n) is 2.95. The van der Waals surface area contributed by atoms with Gasteiger partial charge in [-0.3, -0.25) is 4.57 Å². The molecule has 5 heteroatoms. The Morgan fingerprint density at radius 1 is 1.44 bits per heavy atom. The molecule has 102 valence electrons. The van der Waals surface area contributed by atoms with Gasteiger partial charge in [-0.25, -0.2) is 4.79 Å². The fourth-order valence-corrected chi connectivity index (χ4v) is 2.20. The van der Waals surface area contributed by atoms with Crippen LogP contribution in [0.4, 0.5) is 0 Å². The highest BCUT2D eigenvalue weighted by molar-refractivity contribution is 9.10. The standard InChI is InChI=1S/C13H22BrN3O/c1-5-6-15-7-9(2)8-17-11(4)12(14)10(3)16-13(17)18/h9,15H,5-8H2,1-4H3. The lowest BCUT2D eigenvalue weighted by Crippen LogP contribution is -2.32. The highest BCUT2D eigenvalue weighted by atomic mass is 79.9. The van der Waals surface area contributed by atoms with Crippen LogP contribution in [0.1, 0.15) is 31.7 Å². The first-order chi connectivity index (χ1) is 8.47. The van der Waals surface area contributed by atoms with Gasteiger partial charge in [0, 0.05) is 12.2 Å². The summed E-state index contributed by atoms with van der Waals surface area (Å²) >= 11 is 3.48. The van der Waals surface area contributed by atoms with Gasteiger partial charge in [-0.15, -0.1) is 0 Å². The van der Waals surface area contributed by atoms with Crippen LogP contribution in [0.15, 0.2) is 9.27 Å². The van der Waals surface area contributed by atoms with Gasteiger partial charge in [0.25, 0.3) is 0 Å². The number of nitrogens with zero attached hydrogens (tertiary/aromatic N) is 2. The number of hydrogen-bond donors (Lipinski definition) is 1. The van der Waals surface area contributed by atoms with E-state index in [1.54, 1.807) is 4.57 Å². The molecule has 0 fully saturated rings. The van der Waals surface area contributed by atoms with Crippen molar-refractivity contribution in [2.75, 3.05) is 13.1 Å². The third-order valence-corrected chi connectivity index (χ3v) is 4.10. The lowest BCUT2D eigenvalue weighted by Gasteiger charge is -2.17. The molecule has 0 saturated carbocycles. The normalized spacial score (nSPS) is 12.7. The maximum absolute atomic E-state index is 11.9. The molecule has 1 aromatic rings. The molecule has 1 heterocycles. The second kappa shape index (κ2) is 7.04. The molecule has 0 aliphatic carbocycles. The summed E-state index contributed by atoms with van der Waals surface area (Å²) in [6, 6.07) is 0. The van der Waals surface area contributed by atoms with Gasteiger partial charge in [0.2, 0.25) is 0 Å². The average Bonchev–Trinajstić information content (AvgIpc) is 2.32. The van der Waals surface area contributed by atoms with E-state index in [2.05, 4.69) is 40.1 Å². The van der Waals surface area contributed by atoms with Crippen LogP contribution in [-0.4, -0.2) is 22.6 Å². The van der Waals surface area contributed by atoms with Crippen LogP contribution >= 0.6 is 15.9 Å². The summed E-state index contributed by atoms with van der Waals surface area (Å²) in [5.41, 5.74) is 1.55. The Bertz CT molecular complexity index is 456. The smallest absolute Gasteiger partial charge is 0.316 e. The molecular weight excluding hydrogens is 294 g/mol. The minimum Gasteiger partial charge on any atom is -0.316 e. The third kappa shape index (κ3) is 3.92. The Labute approximate surface area is 117 Å². The molecule has 0 aliphatic heterocycles. The van der Waals surface area contributed by atoms with Gasteiger partial charge in [-0.2, -0.15) is 4.98 Å². The van der Waals surface area contributed by atoms with Gasteiger partial charge in [0.1, 0.15) is 0 Å². The Hall–Kier alpha value is -0.680. The van der Waals surface area contributed by atoms with E-state index in [9.17, 15) is 4.79 Å². The molecule has 4 nitrogen and oxygen atoms in total. The van der Waals surface area contributed by atoms with Crippen LogP contribution < -0.4 is 11.0 Å². The highest BCUT2D eigenvalue weighted by Gasteiger charge is 2.11. The summed E-state index contributed by atoms with van der Waals surface area (Å²) in [6.07, 6.45) is 1.13. The van der Waals surface area contributed by atoms with Crippen LogP contribution in [0.5, 0.6) is 0 Å². The minimum absolute atomic E-state index is 0.157. The molecule has 1 atom stereocenters. The van der Waals surface area contributed by atoms with E-state index in [-0.39, 0.29) is 5.69 Å². The van der Waals surface area contributed by atoms with E-state index < -0.39 is 0 Å². The van der Waals surface area contributed by atoms with Crippen molar-refractivity contribution in [1.29, 1.82) is 0 Å². The summed E-state index contributed by atoms with van der Waals surface area (Å²) in [7, 11) is 0. The van der Waals surface area contributed by atoms with Crippen molar-refractivity contribution >= 4 is 15.9 Å². The first-order valence-corrected chi connectivity index (χ1v) is 7.20. The lowest BCUT2D eigenvalue weighted by molar-refractivity contribution is 0.428. The number of aryl methyl sites for hydroxylation is 1. The number of halogens is 1. The molecule has 0 radical (unpaired) electrons. The van der Waals surface area contributed by atoms with Crippen molar-refractivity contribution in [2.24, 2.45) is 5.92 Å². The predicted octanol–water partition coefficient (Wildman–Crippen LogP) is 2.26. The largest absolute Gasteiger partial charge is 0.348 e. The average molecular weight is 316 g/mol. The molecule has 0 aromatic carbocycles. The summed E-state index contributed by atoms with van der Waals surface area (Å²) in [6.45, 7) is 10.7. The lowest BCUT2D eigenvalue weighted by atomic mass is 10.1. The Morgan fingerprint density at radius 3 is 2.72 bits per heavy atom. The fourth-order valence-electron chi connectivity index (χ4n) is 1.89. The fraction of sp³-hybridized carbons (Fsp3) is 0.692. The molecule has 0 amide bonds. The Balaban J connectivity index is 2.79. The van der Waals surface area contributed by atoms with E-state index in [4.69, 9.17) is 0 Å². The zero-order valence-electron chi connectivity index (χ0n) is 11.6. The summed E-state index contributed by atoms with van der Waals surface area (Å²) in [5, 5.41) is 3.37. The second-order valence-electron chi connectivity index (χ2n) is 4.80. The predicted molar refractivity (Wildman–Crippen MR) is 78.0 cm³/mol. The Morgan fingerprint density at radius 2 is 2.11 bits per heavy atom. The molecule has 1 aromatic heterocycles. The highest BCUT2D eigenvalue weighted by Crippen LogP contribution is 2.17. The monoisotopic (exact) mass is 315 g/mol.